The van der Waals surface area contributed by atoms with Gasteiger partial charge in [-0.2, -0.15) is 5.10 Å². The van der Waals surface area contributed by atoms with Crippen molar-refractivity contribution in [3.05, 3.63) is 77.6 Å². The predicted octanol–water partition coefficient (Wildman–Crippen LogP) is 5.48. The number of fused-ring (bicyclic) bond motifs is 2. The molecule has 8 heteroatoms. The number of carbonyl (C=O) groups is 1. The maximum atomic E-state index is 12.8. The molecule has 0 aliphatic carbocycles. The van der Waals surface area contributed by atoms with Crippen LogP contribution < -0.4 is 10.1 Å². The van der Waals surface area contributed by atoms with Crippen molar-refractivity contribution in [3.63, 3.8) is 0 Å². The molecule has 1 aliphatic rings. The molecule has 2 aromatic carbocycles. The summed E-state index contributed by atoms with van der Waals surface area (Å²) in [7, 11) is 1.65. The van der Waals surface area contributed by atoms with Crippen molar-refractivity contribution in [1.29, 1.82) is 0 Å². The maximum absolute atomic E-state index is 12.8. The zero-order chi connectivity index (χ0) is 24.6. The Morgan fingerprint density at radius 3 is 2.51 bits per heavy atom. The van der Waals surface area contributed by atoms with Crippen LogP contribution >= 0.6 is 0 Å². The molecule has 4 aromatic rings. The number of pyridine rings is 1. The van der Waals surface area contributed by atoms with Gasteiger partial charge in [0.15, 0.2) is 5.82 Å². The van der Waals surface area contributed by atoms with Crippen LogP contribution in [0.2, 0.25) is 0 Å². The Labute approximate surface area is 204 Å². The monoisotopic (exact) mass is 471 g/mol. The normalized spacial score (nSPS) is 13.1. The van der Waals surface area contributed by atoms with E-state index in [1.54, 1.807) is 12.0 Å². The van der Waals surface area contributed by atoms with Crippen molar-refractivity contribution >= 4 is 28.5 Å². The average Bonchev–Trinajstić information content (AvgIpc) is 3.40. The summed E-state index contributed by atoms with van der Waals surface area (Å²) in [6.45, 7) is 7.04. The van der Waals surface area contributed by atoms with Gasteiger partial charge in [-0.25, -0.2) is 9.78 Å². The highest BCUT2D eigenvalue weighted by atomic mass is 16.6. The molecule has 0 saturated heterocycles. The number of anilines is 2. The van der Waals surface area contributed by atoms with Gasteiger partial charge in [-0.3, -0.25) is 9.58 Å². The highest BCUT2D eigenvalue weighted by Crippen LogP contribution is 2.33. The first kappa shape index (κ1) is 22.7. The third-order valence-corrected chi connectivity index (χ3v) is 5.88. The molecule has 2 aromatic heterocycles. The van der Waals surface area contributed by atoms with Gasteiger partial charge in [0.25, 0.3) is 0 Å². The summed E-state index contributed by atoms with van der Waals surface area (Å²) in [6, 6.07) is 18.0. The molecule has 1 amide bonds. The van der Waals surface area contributed by atoms with Crippen LogP contribution in [0.3, 0.4) is 0 Å². The van der Waals surface area contributed by atoms with E-state index in [0.717, 1.165) is 33.3 Å². The molecule has 8 nitrogen and oxygen atoms in total. The van der Waals surface area contributed by atoms with Gasteiger partial charge in [0.05, 0.1) is 32.4 Å². The summed E-state index contributed by atoms with van der Waals surface area (Å²) >= 11 is 0. The van der Waals surface area contributed by atoms with E-state index in [1.807, 2.05) is 80.2 Å². The molecule has 1 aliphatic heterocycles. The smallest absolute Gasteiger partial charge is 0.410 e. The zero-order valence-electron chi connectivity index (χ0n) is 20.4. The second-order valence-corrected chi connectivity index (χ2v) is 9.66. The summed E-state index contributed by atoms with van der Waals surface area (Å²) < 4.78 is 12.8. The van der Waals surface area contributed by atoms with E-state index in [0.29, 0.717) is 31.3 Å². The van der Waals surface area contributed by atoms with Crippen molar-refractivity contribution < 1.29 is 14.3 Å². The maximum Gasteiger partial charge on any atom is 0.410 e. The van der Waals surface area contributed by atoms with Gasteiger partial charge in [0, 0.05) is 17.1 Å². The first-order valence-electron chi connectivity index (χ1n) is 11.6. The highest BCUT2D eigenvalue weighted by Gasteiger charge is 2.33. The van der Waals surface area contributed by atoms with E-state index in [9.17, 15) is 4.79 Å². The number of ether oxygens (including phenoxy) is 2. The van der Waals surface area contributed by atoms with Gasteiger partial charge in [0.1, 0.15) is 17.2 Å². The van der Waals surface area contributed by atoms with Gasteiger partial charge in [-0.1, -0.05) is 36.4 Å². The van der Waals surface area contributed by atoms with Crippen LogP contribution in [0.5, 0.6) is 5.75 Å². The minimum absolute atomic E-state index is 0.334. The lowest BCUT2D eigenvalue weighted by molar-refractivity contribution is 0.0238. The molecule has 0 bridgehead atoms. The number of carbonyl (C=O) groups excluding carboxylic acids is 1. The Morgan fingerprint density at radius 1 is 1.06 bits per heavy atom. The Morgan fingerprint density at radius 2 is 1.80 bits per heavy atom. The molecular weight excluding hydrogens is 442 g/mol. The number of hydrogen-bond acceptors (Lipinski definition) is 6. The number of amides is 1. The minimum atomic E-state index is -0.558. The van der Waals surface area contributed by atoms with E-state index in [-0.39, 0.29) is 6.09 Å². The molecular formula is C27H29N5O3. The fourth-order valence-corrected chi connectivity index (χ4v) is 4.17. The van der Waals surface area contributed by atoms with Gasteiger partial charge in [-0.15, -0.1) is 0 Å². The SMILES string of the molecule is COc1ccc(Cn2nc(Nc3cc4ccccc4cn3)c3c2CN(C(=O)OC(C)(C)C)C3)cc1. The van der Waals surface area contributed by atoms with E-state index < -0.39 is 5.60 Å². The third kappa shape index (κ3) is 4.91. The average molecular weight is 472 g/mol. The van der Waals surface area contributed by atoms with E-state index in [1.165, 1.54) is 0 Å². The topological polar surface area (TPSA) is 81.5 Å². The van der Waals surface area contributed by atoms with Crippen molar-refractivity contribution in [2.24, 2.45) is 0 Å². The molecule has 0 radical (unpaired) electrons. The van der Waals surface area contributed by atoms with Crippen molar-refractivity contribution in [2.45, 2.75) is 46.0 Å². The molecule has 1 N–H and O–H groups in total. The van der Waals surface area contributed by atoms with Gasteiger partial charge in [0.2, 0.25) is 0 Å². The molecule has 5 rings (SSSR count). The minimum Gasteiger partial charge on any atom is -0.497 e. The van der Waals surface area contributed by atoms with Gasteiger partial charge >= 0.3 is 6.09 Å². The fourth-order valence-electron chi connectivity index (χ4n) is 4.17. The third-order valence-electron chi connectivity index (χ3n) is 5.88. The highest BCUT2D eigenvalue weighted by molar-refractivity contribution is 5.84. The Balaban J connectivity index is 1.46. The Bertz CT molecular complexity index is 1370. The van der Waals surface area contributed by atoms with E-state index in [4.69, 9.17) is 14.6 Å². The summed E-state index contributed by atoms with van der Waals surface area (Å²) in [5.41, 5.74) is 2.48. The number of nitrogens with zero attached hydrogens (tertiary/aromatic N) is 4. The molecule has 3 heterocycles. The molecule has 0 spiro atoms. The largest absolute Gasteiger partial charge is 0.497 e. The Kier molecular flexibility index (Phi) is 5.80. The van der Waals surface area contributed by atoms with Crippen molar-refractivity contribution in [1.82, 2.24) is 19.7 Å². The number of hydrogen-bond donors (Lipinski definition) is 1. The quantitative estimate of drug-likeness (QED) is 0.415. The number of methoxy groups -OCH3 is 1. The number of benzene rings is 2. The molecule has 0 unspecified atom stereocenters. The lowest BCUT2D eigenvalue weighted by Gasteiger charge is -2.24. The predicted molar refractivity (Wildman–Crippen MR) is 135 cm³/mol. The second kappa shape index (κ2) is 8.94. The van der Waals surface area contributed by atoms with Crippen LogP contribution in [0.4, 0.5) is 16.4 Å². The Hall–Kier alpha value is -4.07. The summed E-state index contributed by atoms with van der Waals surface area (Å²) in [5.74, 6) is 2.21. The van der Waals surface area contributed by atoms with Crippen LogP contribution in [0.25, 0.3) is 10.8 Å². The molecule has 0 atom stereocenters. The number of rotatable bonds is 5. The second-order valence-electron chi connectivity index (χ2n) is 9.66. The standard InChI is InChI=1S/C27H29N5O3/c1-27(2,3)35-26(33)31-16-22-23(17-31)32(15-18-9-11-21(34-4)12-10-18)30-25(22)29-24-13-19-7-5-6-8-20(19)14-28-24/h5-14H,15-17H2,1-4H3,(H,28,29,30). The van der Waals surface area contributed by atoms with Crippen LogP contribution in [0, 0.1) is 0 Å². The molecule has 35 heavy (non-hydrogen) atoms. The summed E-state index contributed by atoms with van der Waals surface area (Å²) in [4.78, 5) is 19.1. The lowest BCUT2D eigenvalue weighted by Crippen LogP contribution is -2.33. The van der Waals surface area contributed by atoms with Gasteiger partial charge in [-0.05, 0) is 49.9 Å². The van der Waals surface area contributed by atoms with E-state index >= 15 is 0 Å². The zero-order valence-corrected chi connectivity index (χ0v) is 20.4. The molecule has 0 saturated carbocycles. The number of nitrogens with one attached hydrogen (secondary N) is 1. The van der Waals surface area contributed by atoms with Crippen LogP contribution in [0.1, 0.15) is 37.6 Å². The molecule has 180 valence electrons. The molecule has 0 fully saturated rings. The van der Waals surface area contributed by atoms with Gasteiger partial charge < -0.3 is 14.8 Å². The van der Waals surface area contributed by atoms with Crippen LogP contribution in [0.15, 0.2) is 60.8 Å². The summed E-state index contributed by atoms with van der Waals surface area (Å²) in [5, 5.41) is 10.4. The summed E-state index contributed by atoms with van der Waals surface area (Å²) in [6.07, 6.45) is 1.51. The van der Waals surface area contributed by atoms with E-state index in [2.05, 4.69) is 16.4 Å². The fraction of sp³-hybridized carbons (Fsp3) is 0.296. The van der Waals surface area contributed by atoms with Crippen LogP contribution in [-0.2, 0) is 24.4 Å². The van der Waals surface area contributed by atoms with Crippen molar-refractivity contribution in [2.75, 3.05) is 12.4 Å². The first-order chi connectivity index (χ1) is 16.8. The van der Waals surface area contributed by atoms with Crippen LogP contribution in [-0.4, -0.2) is 38.5 Å². The first-order valence-corrected chi connectivity index (χ1v) is 11.6. The number of aromatic nitrogens is 3. The van der Waals surface area contributed by atoms with Crippen molar-refractivity contribution in [3.8, 4) is 5.75 Å². The lowest BCUT2D eigenvalue weighted by atomic mass is 10.2.